The van der Waals surface area contributed by atoms with Crippen LogP contribution in [0.1, 0.15) is 36.8 Å². The summed E-state index contributed by atoms with van der Waals surface area (Å²) in [6.07, 6.45) is 5.06. The van der Waals surface area contributed by atoms with Crippen LogP contribution in [-0.2, 0) is 13.2 Å². The second kappa shape index (κ2) is 9.64. The van der Waals surface area contributed by atoms with E-state index in [0.29, 0.717) is 23.1 Å². The Morgan fingerprint density at radius 1 is 1.04 bits per heavy atom. The van der Waals surface area contributed by atoms with Gasteiger partial charge in [0.1, 0.15) is 12.4 Å². The van der Waals surface area contributed by atoms with E-state index in [2.05, 4.69) is 5.32 Å². The fraction of sp³-hybridized carbons (Fsp3) is 0.400. The zero-order chi connectivity index (χ0) is 16.8. The third-order valence-electron chi connectivity index (χ3n) is 4.55. The lowest BCUT2D eigenvalue weighted by atomic mass is 10.1. The van der Waals surface area contributed by atoms with Crippen LogP contribution >= 0.6 is 12.4 Å². The molecule has 0 aliphatic heterocycles. The maximum Gasteiger partial charge on any atom is 0.166 e. The van der Waals surface area contributed by atoms with Crippen molar-refractivity contribution in [2.45, 2.75) is 44.9 Å². The third-order valence-corrected chi connectivity index (χ3v) is 4.55. The predicted octanol–water partition coefficient (Wildman–Crippen LogP) is 4.87. The molecule has 5 heteroatoms. The molecule has 0 spiro atoms. The number of benzene rings is 2. The van der Waals surface area contributed by atoms with Gasteiger partial charge in [-0.05, 0) is 25.0 Å². The topological polar surface area (TPSA) is 30.5 Å². The number of halogens is 2. The van der Waals surface area contributed by atoms with Crippen LogP contribution in [0.15, 0.2) is 42.5 Å². The van der Waals surface area contributed by atoms with Crippen molar-refractivity contribution < 1.29 is 13.9 Å². The van der Waals surface area contributed by atoms with Crippen molar-refractivity contribution >= 4 is 12.4 Å². The van der Waals surface area contributed by atoms with Crippen LogP contribution in [-0.4, -0.2) is 13.2 Å². The molecule has 1 aliphatic rings. The molecule has 0 heterocycles. The van der Waals surface area contributed by atoms with Gasteiger partial charge in [-0.1, -0.05) is 43.2 Å². The molecule has 0 aromatic heterocycles. The molecule has 2 aromatic carbocycles. The molecule has 0 saturated heterocycles. The molecule has 1 aliphatic carbocycles. The summed E-state index contributed by atoms with van der Waals surface area (Å²) < 4.78 is 25.2. The SMILES string of the molecule is COc1cccc(CNC2CCCC2)c1OCc1ccccc1F.Cl. The van der Waals surface area contributed by atoms with Crippen molar-refractivity contribution in [3.05, 3.63) is 59.4 Å². The van der Waals surface area contributed by atoms with E-state index in [9.17, 15) is 4.39 Å². The average Bonchev–Trinajstić information content (AvgIpc) is 3.13. The molecule has 0 bridgehead atoms. The van der Waals surface area contributed by atoms with Gasteiger partial charge in [0.2, 0.25) is 0 Å². The quantitative estimate of drug-likeness (QED) is 0.759. The molecular formula is C20H25ClFNO2. The molecule has 136 valence electrons. The zero-order valence-corrected chi connectivity index (χ0v) is 15.3. The average molecular weight is 366 g/mol. The number of ether oxygens (including phenoxy) is 2. The first-order valence-electron chi connectivity index (χ1n) is 8.53. The van der Waals surface area contributed by atoms with Crippen molar-refractivity contribution in [3.8, 4) is 11.5 Å². The summed E-state index contributed by atoms with van der Waals surface area (Å²) in [4.78, 5) is 0. The predicted molar refractivity (Wildman–Crippen MR) is 100 cm³/mol. The summed E-state index contributed by atoms with van der Waals surface area (Å²) in [6.45, 7) is 0.915. The van der Waals surface area contributed by atoms with Gasteiger partial charge in [0.25, 0.3) is 0 Å². The fourth-order valence-electron chi connectivity index (χ4n) is 3.17. The lowest BCUT2D eigenvalue weighted by Gasteiger charge is -2.17. The minimum absolute atomic E-state index is 0. The molecule has 0 amide bonds. The summed E-state index contributed by atoms with van der Waals surface area (Å²) in [5.41, 5.74) is 1.58. The van der Waals surface area contributed by atoms with E-state index in [1.807, 2.05) is 24.3 Å². The van der Waals surface area contributed by atoms with Gasteiger partial charge >= 0.3 is 0 Å². The van der Waals surface area contributed by atoms with Gasteiger partial charge in [0, 0.05) is 23.7 Å². The maximum atomic E-state index is 13.8. The van der Waals surface area contributed by atoms with Crippen molar-refractivity contribution in [2.24, 2.45) is 0 Å². The minimum Gasteiger partial charge on any atom is -0.493 e. The third kappa shape index (κ3) is 5.10. The Bertz CT molecular complexity index is 674. The zero-order valence-electron chi connectivity index (χ0n) is 14.5. The molecule has 3 rings (SSSR count). The molecular weight excluding hydrogens is 341 g/mol. The van der Waals surface area contributed by atoms with Crippen LogP contribution in [0.5, 0.6) is 11.5 Å². The summed E-state index contributed by atoms with van der Waals surface area (Å²) in [5, 5.41) is 3.59. The molecule has 25 heavy (non-hydrogen) atoms. The molecule has 1 N–H and O–H groups in total. The summed E-state index contributed by atoms with van der Waals surface area (Å²) in [5.74, 6) is 1.11. The van der Waals surface area contributed by atoms with Crippen LogP contribution in [0.2, 0.25) is 0 Å². The van der Waals surface area contributed by atoms with E-state index >= 15 is 0 Å². The van der Waals surface area contributed by atoms with E-state index in [0.717, 1.165) is 12.1 Å². The highest BCUT2D eigenvalue weighted by molar-refractivity contribution is 5.85. The lowest BCUT2D eigenvalue weighted by molar-refractivity contribution is 0.275. The Hall–Kier alpha value is -1.78. The number of hydrogen-bond acceptors (Lipinski definition) is 3. The smallest absolute Gasteiger partial charge is 0.166 e. The highest BCUT2D eigenvalue weighted by Crippen LogP contribution is 2.32. The van der Waals surface area contributed by atoms with Gasteiger partial charge in [-0.15, -0.1) is 12.4 Å². The van der Waals surface area contributed by atoms with E-state index in [-0.39, 0.29) is 24.8 Å². The van der Waals surface area contributed by atoms with Crippen molar-refractivity contribution in [3.63, 3.8) is 0 Å². The Morgan fingerprint density at radius 2 is 1.76 bits per heavy atom. The standard InChI is InChI=1S/C20H24FNO2.ClH/c1-23-19-12-6-8-15(13-22-17-9-3-4-10-17)20(19)24-14-16-7-2-5-11-18(16)21;/h2,5-8,11-12,17,22H,3-4,9-10,13-14H2,1H3;1H. The van der Waals surface area contributed by atoms with Gasteiger partial charge in [0.15, 0.2) is 11.5 Å². The minimum atomic E-state index is -0.252. The lowest BCUT2D eigenvalue weighted by Crippen LogP contribution is -2.25. The number of para-hydroxylation sites is 1. The molecule has 0 atom stereocenters. The highest BCUT2D eigenvalue weighted by Gasteiger charge is 2.16. The van der Waals surface area contributed by atoms with E-state index in [4.69, 9.17) is 9.47 Å². The van der Waals surface area contributed by atoms with Gasteiger partial charge in [-0.25, -0.2) is 4.39 Å². The van der Waals surface area contributed by atoms with E-state index in [1.54, 1.807) is 19.2 Å². The van der Waals surface area contributed by atoms with Gasteiger partial charge in [-0.2, -0.15) is 0 Å². The summed E-state index contributed by atoms with van der Waals surface area (Å²) in [6, 6.07) is 13.1. The van der Waals surface area contributed by atoms with Crippen LogP contribution in [0, 0.1) is 5.82 Å². The van der Waals surface area contributed by atoms with E-state index in [1.165, 1.54) is 31.7 Å². The maximum absolute atomic E-state index is 13.8. The van der Waals surface area contributed by atoms with Crippen LogP contribution in [0.4, 0.5) is 4.39 Å². The van der Waals surface area contributed by atoms with Crippen LogP contribution in [0.3, 0.4) is 0 Å². The molecule has 0 unspecified atom stereocenters. The summed E-state index contributed by atoms with van der Waals surface area (Å²) >= 11 is 0. The Balaban J connectivity index is 0.00000225. The van der Waals surface area contributed by atoms with Gasteiger partial charge in [0.05, 0.1) is 7.11 Å². The van der Waals surface area contributed by atoms with Crippen molar-refractivity contribution in [2.75, 3.05) is 7.11 Å². The number of methoxy groups -OCH3 is 1. The molecule has 2 aromatic rings. The Morgan fingerprint density at radius 3 is 2.48 bits per heavy atom. The number of nitrogens with one attached hydrogen (secondary N) is 1. The van der Waals surface area contributed by atoms with Crippen molar-refractivity contribution in [1.29, 1.82) is 0 Å². The number of rotatable bonds is 7. The first kappa shape index (κ1) is 19.5. The second-order valence-electron chi connectivity index (χ2n) is 6.19. The number of hydrogen-bond donors (Lipinski definition) is 1. The van der Waals surface area contributed by atoms with Gasteiger partial charge in [-0.3, -0.25) is 0 Å². The van der Waals surface area contributed by atoms with Crippen LogP contribution in [0.25, 0.3) is 0 Å². The van der Waals surface area contributed by atoms with Gasteiger partial charge < -0.3 is 14.8 Å². The Labute approximate surface area is 154 Å². The molecule has 3 nitrogen and oxygen atoms in total. The monoisotopic (exact) mass is 365 g/mol. The molecule has 0 radical (unpaired) electrons. The fourth-order valence-corrected chi connectivity index (χ4v) is 3.17. The van der Waals surface area contributed by atoms with Crippen molar-refractivity contribution in [1.82, 2.24) is 5.32 Å². The van der Waals surface area contributed by atoms with E-state index < -0.39 is 0 Å². The molecule has 1 fully saturated rings. The normalized spacial score (nSPS) is 14.2. The summed E-state index contributed by atoms with van der Waals surface area (Å²) in [7, 11) is 1.62. The second-order valence-corrected chi connectivity index (χ2v) is 6.19. The van der Waals surface area contributed by atoms with Crippen LogP contribution < -0.4 is 14.8 Å². The highest BCUT2D eigenvalue weighted by atomic mass is 35.5. The molecule has 1 saturated carbocycles. The Kier molecular flexibility index (Phi) is 7.53. The first-order chi connectivity index (χ1) is 11.8. The first-order valence-corrected chi connectivity index (χ1v) is 8.53. The largest absolute Gasteiger partial charge is 0.493 e.